The van der Waals surface area contributed by atoms with E-state index in [0.29, 0.717) is 6.61 Å². The first-order valence-electron chi connectivity index (χ1n) is 7.58. The van der Waals surface area contributed by atoms with E-state index in [1.54, 1.807) is 0 Å². The molecule has 0 aliphatic heterocycles. The summed E-state index contributed by atoms with van der Waals surface area (Å²) in [5, 5.41) is 24.6. The van der Waals surface area contributed by atoms with Gasteiger partial charge in [-0.05, 0) is 13.3 Å². The van der Waals surface area contributed by atoms with Crippen molar-refractivity contribution in [3.05, 3.63) is 0 Å². The van der Waals surface area contributed by atoms with Gasteiger partial charge in [-0.3, -0.25) is 0 Å². The summed E-state index contributed by atoms with van der Waals surface area (Å²) in [6, 6.07) is 0. The highest BCUT2D eigenvalue weighted by Crippen LogP contribution is 2.09. The van der Waals surface area contributed by atoms with Crippen molar-refractivity contribution in [2.45, 2.75) is 84.2 Å². The van der Waals surface area contributed by atoms with Gasteiger partial charge in [0.05, 0.1) is 12.7 Å². The van der Waals surface area contributed by atoms with Crippen LogP contribution in [0.5, 0.6) is 0 Å². The van der Waals surface area contributed by atoms with Crippen LogP contribution < -0.4 is 0 Å². The second-order valence-corrected chi connectivity index (χ2v) is 4.94. The fourth-order valence-corrected chi connectivity index (χ4v) is 1.60. The molecule has 0 heterocycles. The highest BCUT2D eigenvalue weighted by atomic mass is 16.3. The van der Waals surface area contributed by atoms with E-state index in [0.717, 1.165) is 6.42 Å². The molecule has 3 nitrogen and oxygen atoms in total. The van der Waals surface area contributed by atoms with Crippen LogP contribution in [0.25, 0.3) is 0 Å². The summed E-state index contributed by atoms with van der Waals surface area (Å²) in [6.07, 6.45) is 12.7. The summed E-state index contributed by atoms with van der Waals surface area (Å²) in [7, 11) is 0. The van der Waals surface area contributed by atoms with Crippen molar-refractivity contribution in [2.75, 3.05) is 13.2 Å². The van der Waals surface area contributed by atoms with Crippen LogP contribution >= 0.6 is 0 Å². The number of aliphatic hydroxyl groups excluding tert-OH is 3. The summed E-state index contributed by atoms with van der Waals surface area (Å²) in [5.41, 5.74) is 0. The Balaban J connectivity index is 0. The maximum absolute atomic E-state index is 8.57. The number of rotatable bonds is 11. The van der Waals surface area contributed by atoms with E-state index < -0.39 is 6.10 Å². The van der Waals surface area contributed by atoms with Gasteiger partial charge in [0.25, 0.3) is 0 Å². The molecule has 3 N–H and O–H groups in total. The van der Waals surface area contributed by atoms with Crippen molar-refractivity contribution in [3.8, 4) is 0 Å². The van der Waals surface area contributed by atoms with Crippen LogP contribution in [0.4, 0.5) is 0 Å². The fourth-order valence-electron chi connectivity index (χ4n) is 1.60. The Labute approximate surface area is 113 Å². The zero-order chi connectivity index (χ0) is 14.1. The second-order valence-electron chi connectivity index (χ2n) is 4.94. The fraction of sp³-hybridized carbons (Fsp3) is 1.00. The van der Waals surface area contributed by atoms with Crippen LogP contribution in [-0.4, -0.2) is 34.6 Å². The molecule has 0 amide bonds. The smallest absolute Gasteiger partial charge is 0.0742 e. The van der Waals surface area contributed by atoms with Crippen LogP contribution in [0.2, 0.25) is 0 Å². The Kier molecular flexibility index (Phi) is 21.6. The normalized spacial score (nSPS) is 11.8. The lowest BCUT2D eigenvalue weighted by atomic mass is 10.1. The topological polar surface area (TPSA) is 60.7 Å². The average Bonchev–Trinajstić information content (AvgIpc) is 2.37. The molecule has 0 rings (SSSR count). The summed E-state index contributed by atoms with van der Waals surface area (Å²) in [4.78, 5) is 0. The quantitative estimate of drug-likeness (QED) is 0.501. The molecule has 1 atom stereocenters. The third-order valence-electron chi connectivity index (χ3n) is 2.78. The van der Waals surface area contributed by atoms with Crippen molar-refractivity contribution in [1.82, 2.24) is 0 Å². The highest BCUT2D eigenvalue weighted by Gasteiger charge is 1.91. The molecule has 0 aliphatic rings. The molecule has 18 heavy (non-hydrogen) atoms. The van der Waals surface area contributed by atoms with Crippen molar-refractivity contribution in [1.29, 1.82) is 0 Å². The maximum Gasteiger partial charge on any atom is 0.0742 e. The van der Waals surface area contributed by atoms with Crippen LogP contribution in [0.1, 0.15) is 78.1 Å². The monoisotopic (exact) mass is 262 g/mol. The minimum absolute atomic E-state index is 0.139. The van der Waals surface area contributed by atoms with Gasteiger partial charge in [0.2, 0.25) is 0 Å². The molecule has 0 aliphatic carbocycles. The predicted octanol–water partition coefficient (Wildman–Crippen LogP) is 3.26. The number of unbranched alkanes of at least 4 members (excludes halogenated alkanes) is 9. The maximum atomic E-state index is 8.57. The standard InChI is InChI=1S/C12H26O.C3H8O2/c1-2-3-4-5-6-7-8-9-10-11-12-13;1-3(5)2-4/h13H,2-12H2,1H3;3-5H,2H2,1H3. The predicted molar refractivity (Wildman–Crippen MR) is 77.7 cm³/mol. The van der Waals surface area contributed by atoms with E-state index in [9.17, 15) is 0 Å². The molecule has 3 heteroatoms. The Morgan fingerprint density at radius 2 is 1.06 bits per heavy atom. The molecule has 0 aromatic carbocycles. The van der Waals surface area contributed by atoms with E-state index >= 15 is 0 Å². The lowest BCUT2D eigenvalue weighted by Crippen LogP contribution is -2.03. The zero-order valence-electron chi connectivity index (χ0n) is 12.4. The Morgan fingerprint density at radius 3 is 1.33 bits per heavy atom. The first-order valence-corrected chi connectivity index (χ1v) is 7.58. The van der Waals surface area contributed by atoms with Crippen molar-refractivity contribution < 1.29 is 15.3 Å². The summed E-state index contributed by atoms with van der Waals surface area (Å²) in [6.45, 7) is 4.02. The van der Waals surface area contributed by atoms with E-state index in [2.05, 4.69) is 6.92 Å². The molecule has 1 unspecified atom stereocenters. The third-order valence-corrected chi connectivity index (χ3v) is 2.78. The minimum Gasteiger partial charge on any atom is -0.396 e. The molecule has 0 fully saturated rings. The summed E-state index contributed by atoms with van der Waals surface area (Å²) in [5.74, 6) is 0. The van der Waals surface area contributed by atoms with Crippen LogP contribution in [0.15, 0.2) is 0 Å². The molecule has 0 aromatic heterocycles. The van der Waals surface area contributed by atoms with Crippen LogP contribution in [-0.2, 0) is 0 Å². The van der Waals surface area contributed by atoms with Gasteiger partial charge in [-0.15, -0.1) is 0 Å². The van der Waals surface area contributed by atoms with Gasteiger partial charge in [0.1, 0.15) is 0 Å². The van der Waals surface area contributed by atoms with E-state index in [4.69, 9.17) is 15.3 Å². The van der Waals surface area contributed by atoms with Crippen LogP contribution in [0.3, 0.4) is 0 Å². The Morgan fingerprint density at radius 1 is 0.722 bits per heavy atom. The van der Waals surface area contributed by atoms with Gasteiger partial charge in [-0.1, -0.05) is 64.7 Å². The lowest BCUT2D eigenvalue weighted by molar-refractivity contribution is 0.110. The summed E-state index contributed by atoms with van der Waals surface area (Å²) < 4.78 is 0. The molecule has 0 spiro atoms. The van der Waals surface area contributed by atoms with E-state index in [1.807, 2.05) is 0 Å². The van der Waals surface area contributed by atoms with Gasteiger partial charge in [0.15, 0.2) is 0 Å². The molecule has 0 bridgehead atoms. The van der Waals surface area contributed by atoms with Gasteiger partial charge in [0, 0.05) is 6.61 Å². The third kappa shape index (κ3) is 24.9. The first-order chi connectivity index (χ1) is 8.68. The van der Waals surface area contributed by atoms with Gasteiger partial charge >= 0.3 is 0 Å². The molecule has 0 saturated heterocycles. The Hall–Kier alpha value is -0.120. The van der Waals surface area contributed by atoms with E-state index in [-0.39, 0.29) is 6.61 Å². The SMILES string of the molecule is CC(O)CO.CCCCCCCCCCCCO. The first kappa shape index (κ1) is 20.2. The van der Waals surface area contributed by atoms with Crippen LogP contribution in [0, 0.1) is 0 Å². The molecular weight excluding hydrogens is 228 g/mol. The molecule has 0 radical (unpaired) electrons. The number of aliphatic hydroxyl groups is 3. The molecule has 0 saturated carbocycles. The van der Waals surface area contributed by atoms with Gasteiger partial charge in [-0.25, -0.2) is 0 Å². The number of hydrogen-bond donors (Lipinski definition) is 3. The van der Waals surface area contributed by atoms with E-state index in [1.165, 1.54) is 64.7 Å². The van der Waals surface area contributed by atoms with Gasteiger partial charge < -0.3 is 15.3 Å². The molecular formula is C15H34O3. The average molecular weight is 262 g/mol. The zero-order valence-corrected chi connectivity index (χ0v) is 12.4. The second kappa shape index (κ2) is 19.2. The minimum atomic E-state index is -0.560. The Bertz CT molecular complexity index is 117. The van der Waals surface area contributed by atoms with Crippen molar-refractivity contribution in [3.63, 3.8) is 0 Å². The molecule has 112 valence electrons. The van der Waals surface area contributed by atoms with Crippen molar-refractivity contribution in [2.24, 2.45) is 0 Å². The van der Waals surface area contributed by atoms with Gasteiger partial charge in [-0.2, -0.15) is 0 Å². The molecule has 0 aromatic rings. The highest BCUT2D eigenvalue weighted by molar-refractivity contribution is 4.46. The largest absolute Gasteiger partial charge is 0.396 e. The lowest BCUT2D eigenvalue weighted by Gasteiger charge is -2.00. The van der Waals surface area contributed by atoms with Crippen molar-refractivity contribution >= 4 is 0 Å². The summed E-state index contributed by atoms with van der Waals surface area (Å²) >= 11 is 0. The number of hydrogen-bond acceptors (Lipinski definition) is 3.